The zero-order chi connectivity index (χ0) is 12.5. The fourth-order valence-electron chi connectivity index (χ4n) is 1.54. The quantitative estimate of drug-likeness (QED) is 0.762. The SMILES string of the molecule is O=S1CCN(S(=O)(=O)c2ncccc2F)CC1. The number of hydrogen-bond donors (Lipinski definition) is 0. The van der Waals surface area contributed by atoms with Crippen LogP contribution in [0, 0.1) is 5.82 Å². The molecule has 8 heteroatoms. The second-order valence-corrected chi connectivity index (χ2v) is 7.09. The van der Waals surface area contributed by atoms with Crippen molar-refractivity contribution in [3.63, 3.8) is 0 Å². The Morgan fingerprint density at radius 2 is 2.00 bits per heavy atom. The topological polar surface area (TPSA) is 67.3 Å². The maximum Gasteiger partial charge on any atom is 0.263 e. The highest BCUT2D eigenvalue weighted by Gasteiger charge is 2.31. The van der Waals surface area contributed by atoms with Crippen molar-refractivity contribution in [2.45, 2.75) is 5.03 Å². The number of pyridine rings is 1. The molecule has 1 aromatic rings. The molecule has 0 radical (unpaired) electrons. The largest absolute Gasteiger partial charge is 0.263 e. The summed E-state index contributed by atoms with van der Waals surface area (Å²) in [5.41, 5.74) is 0. The number of hydrogen-bond acceptors (Lipinski definition) is 4. The van der Waals surface area contributed by atoms with Gasteiger partial charge in [-0.1, -0.05) is 0 Å². The van der Waals surface area contributed by atoms with E-state index in [-0.39, 0.29) is 24.6 Å². The average Bonchev–Trinajstić information content (AvgIpc) is 2.30. The Kier molecular flexibility index (Phi) is 3.55. The van der Waals surface area contributed by atoms with E-state index in [4.69, 9.17) is 0 Å². The number of nitrogens with zero attached hydrogens (tertiary/aromatic N) is 2. The molecular formula is C9H11FN2O3S2. The van der Waals surface area contributed by atoms with E-state index >= 15 is 0 Å². The lowest BCUT2D eigenvalue weighted by molar-refractivity contribution is 0.430. The average molecular weight is 278 g/mol. The molecule has 94 valence electrons. The van der Waals surface area contributed by atoms with E-state index < -0.39 is 31.7 Å². The number of sulfonamides is 1. The van der Waals surface area contributed by atoms with Crippen LogP contribution in [0.4, 0.5) is 4.39 Å². The van der Waals surface area contributed by atoms with Crippen LogP contribution >= 0.6 is 0 Å². The first-order chi connectivity index (χ1) is 8.01. The third-order valence-electron chi connectivity index (χ3n) is 2.45. The van der Waals surface area contributed by atoms with Crippen molar-refractivity contribution >= 4 is 20.8 Å². The van der Waals surface area contributed by atoms with E-state index in [0.717, 1.165) is 10.4 Å². The molecule has 0 spiro atoms. The van der Waals surface area contributed by atoms with Gasteiger partial charge >= 0.3 is 0 Å². The summed E-state index contributed by atoms with van der Waals surface area (Å²) >= 11 is 0. The monoisotopic (exact) mass is 278 g/mol. The maximum atomic E-state index is 13.4. The van der Waals surface area contributed by atoms with Gasteiger partial charge in [0.2, 0.25) is 5.03 Å². The van der Waals surface area contributed by atoms with Crippen molar-refractivity contribution in [2.24, 2.45) is 0 Å². The molecule has 1 fully saturated rings. The van der Waals surface area contributed by atoms with E-state index in [1.165, 1.54) is 12.3 Å². The van der Waals surface area contributed by atoms with Gasteiger partial charge < -0.3 is 0 Å². The highest BCUT2D eigenvalue weighted by Crippen LogP contribution is 2.17. The summed E-state index contributed by atoms with van der Waals surface area (Å²) in [6.45, 7) is 0.288. The molecule has 1 aliphatic rings. The van der Waals surface area contributed by atoms with Crippen molar-refractivity contribution in [3.05, 3.63) is 24.1 Å². The fourth-order valence-corrected chi connectivity index (χ4v) is 4.24. The predicted octanol–water partition coefficient (Wildman–Crippen LogP) is -0.0263. The molecule has 1 aromatic heterocycles. The predicted molar refractivity (Wildman–Crippen MR) is 60.8 cm³/mol. The summed E-state index contributed by atoms with van der Waals surface area (Å²) < 4.78 is 49.7. The molecule has 5 nitrogen and oxygen atoms in total. The van der Waals surface area contributed by atoms with Gasteiger partial charge in [-0.05, 0) is 12.1 Å². The van der Waals surface area contributed by atoms with E-state index in [1.807, 2.05) is 0 Å². The summed E-state index contributed by atoms with van der Waals surface area (Å²) in [6, 6.07) is 2.39. The molecule has 2 rings (SSSR count). The minimum Gasteiger partial charge on any atom is -0.259 e. The standard InChI is InChI=1S/C9H11FN2O3S2/c10-8-2-1-3-11-9(8)17(14,15)12-4-6-16(13)7-5-12/h1-3H,4-7H2. The van der Waals surface area contributed by atoms with Crippen molar-refractivity contribution in [1.29, 1.82) is 0 Å². The Balaban J connectivity index is 2.31. The van der Waals surface area contributed by atoms with Gasteiger partial charge in [0.25, 0.3) is 10.0 Å². The van der Waals surface area contributed by atoms with Gasteiger partial charge in [-0.3, -0.25) is 4.21 Å². The summed E-state index contributed by atoms with van der Waals surface area (Å²) in [5.74, 6) is -0.291. The first-order valence-corrected chi connectivity index (χ1v) is 7.90. The smallest absolute Gasteiger partial charge is 0.259 e. The van der Waals surface area contributed by atoms with Crippen LogP contribution in [0.3, 0.4) is 0 Å². The molecule has 0 atom stereocenters. The molecule has 1 saturated heterocycles. The van der Waals surface area contributed by atoms with E-state index in [2.05, 4.69) is 4.98 Å². The van der Waals surface area contributed by atoms with Crippen LogP contribution in [0.15, 0.2) is 23.4 Å². The third-order valence-corrected chi connectivity index (χ3v) is 5.56. The molecule has 0 N–H and O–H groups in total. The normalized spacial score (nSPS) is 19.4. The molecule has 1 aliphatic heterocycles. The van der Waals surface area contributed by atoms with Crippen molar-refractivity contribution in [2.75, 3.05) is 24.6 Å². The third kappa shape index (κ3) is 2.53. The van der Waals surface area contributed by atoms with E-state index in [1.54, 1.807) is 0 Å². The molecule has 0 aliphatic carbocycles. The number of rotatable bonds is 2. The van der Waals surface area contributed by atoms with Gasteiger partial charge in [0, 0.05) is 41.6 Å². The zero-order valence-corrected chi connectivity index (χ0v) is 10.5. The van der Waals surface area contributed by atoms with Crippen LogP contribution in [0.5, 0.6) is 0 Å². The molecule has 0 saturated carbocycles. The van der Waals surface area contributed by atoms with Gasteiger partial charge in [-0.25, -0.2) is 17.8 Å². The Labute approximate surface area is 101 Å². The highest BCUT2D eigenvalue weighted by atomic mass is 32.2. The van der Waals surface area contributed by atoms with Crippen LogP contribution in [-0.4, -0.2) is 46.5 Å². The van der Waals surface area contributed by atoms with Crippen molar-refractivity contribution in [1.82, 2.24) is 9.29 Å². The molecule has 2 heterocycles. The van der Waals surface area contributed by atoms with Gasteiger partial charge in [-0.2, -0.15) is 4.31 Å². The minimum absolute atomic E-state index is 0.144. The summed E-state index contributed by atoms with van der Waals surface area (Å²) in [7, 11) is -4.88. The van der Waals surface area contributed by atoms with E-state index in [9.17, 15) is 17.0 Å². The second-order valence-electron chi connectivity index (χ2n) is 3.54. The minimum atomic E-state index is -3.90. The summed E-state index contributed by atoms with van der Waals surface area (Å²) in [6.07, 6.45) is 1.23. The van der Waals surface area contributed by atoms with Crippen LogP contribution in [0.2, 0.25) is 0 Å². The van der Waals surface area contributed by atoms with Gasteiger partial charge in [0.15, 0.2) is 5.82 Å². The van der Waals surface area contributed by atoms with Crippen molar-refractivity contribution in [3.8, 4) is 0 Å². The fraction of sp³-hybridized carbons (Fsp3) is 0.444. The van der Waals surface area contributed by atoms with Crippen LogP contribution in [-0.2, 0) is 20.8 Å². The first-order valence-electron chi connectivity index (χ1n) is 4.97. The summed E-state index contributed by atoms with van der Waals surface area (Å²) in [4.78, 5) is 3.56. The first kappa shape index (κ1) is 12.6. The lowest BCUT2D eigenvalue weighted by Gasteiger charge is -2.25. The molecular weight excluding hydrogens is 267 g/mol. The van der Waals surface area contributed by atoms with Crippen LogP contribution in [0.1, 0.15) is 0 Å². The molecule has 0 bridgehead atoms. The van der Waals surface area contributed by atoms with Crippen molar-refractivity contribution < 1.29 is 17.0 Å². The number of halogens is 1. The van der Waals surface area contributed by atoms with Gasteiger partial charge in [0.05, 0.1) is 0 Å². The lowest BCUT2D eigenvalue weighted by atomic mass is 10.5. The Hall–Kier alpha value is -0.860. The molecule has 0 unspecified atom stereocenters. The van der Waals surface area contributed by atoms with Crippen LogP contribution in [0.25, 0.3) is 0 Å². The highest BCUT2D eigenvalue weighted by molar-refractivity contribution is 7.89. The van der Waals surface area contributed by atoms with E-state index in [0.29, 0.717) is 0 Å². The number of aromatic nitrogens is 1. The zero-order valence-electron chi connectivity index (χ0n) is 8.87. The molecule has 0 amide bonds. The Bertz CT molecular complexity index is 537. The second kappa shape index (κ2) is 4.79. The Morgan fingerprint density at radius 1 is 1.35 bits per heavy atom. The summed E-state index contributed by atoms with van der Waals surface area (Å²) in [5, 5.41) is -0.562. The molecule has 17 heavy (non-hydrogen) atoms. The maximum absolute atomic E-state index is 13.4. The Morgan fingerprint density at radius 3 is 2.59 bits per heavy atom. The molecule has 0 aromatic carbocycles. The lowest BCUT2D eigenvalue weighted by Crippen LogP contribution is -2.42. The van der Waals surface area contributed by atoms with Gasteiger partial charge in [-0.15, -0.1) is 0 Å². The van der Waals surface area contributed by atoms with Crippen LogP contribution < -0.4 is 0 Å². The van der Waals surface area contributed by atoms with Gasteiger partial charge in [0.1, 0.15) is 0 Å².